The number of anilines is 1. The first-order valence-corrected chi connectivity index (χ1v) is 5.23. The lowest BCUT2D eigenvalue weighted by molar-refractivity contribution is 0.425. The summed E-state index contributed by atoms with van der Waals surface area (Å²) in [5.41, 5.74) is 6.70. The highest BCUT2D eigenvalue weighted by molar-refractivity contribution is 7.83. The van der Waals surface area contributed by atoms with Crippen LogP contribution in [0.15, 0.2) is 22.4 Å². The number of hydrogen-bond donors (Lipinski definition) is 4. The van der Waals surface area contributed by atoms with Crippen molar-refractivity contribution in [3.63, 3.8) is 0 Å². The first-order valence-electron chi connectivity index (χ1n) is 3.97. The molecule has 0 aliphatic carbocycles. The van der Waals surface area contributed by atoms with Crippen LogP contribution in [0.3, 0.4) is 0 Å². The molecule has 0 aliphatic heterocycles. The molecule has 0 saturated carbocycles. The van der Waals surface area contributed by atoms with Crippen LogP contribution in [0.1, 0.15) is 0 Å². The Labute approximate surface area is 90.7 Å². The molecular weight excluding hydrogens is 217 g/mol. The van der Waals surface area contributed by atoms with E-state index in [9.17, 15) is 10.0 Å². The number of nitrogens with two attached hydrogens (primary N) is 1. The molecular formula is C8H8BNO2S2. The molecule has 0 radical (unpaired) electrons. The number of benzene rings is 1. The lowest BCUT2D eigenvalue weighted by atomic mass is 9.80. The van der Waals surface area contributed by atoms with E-state index in [0.717, 1.165) is 4.70 Å². The van der Waals surface area contributed by atoms with E-state index in [4.69, 9.17) is 5.73 Å². The van der Waals surface area contributed by atoms with Crippen LogP contribution in [0.5, 0.6) is 0 Å². The van der Waals surface area contributed by atoms with Crippen LogP contribution >= 0.6 is 24.0 Å². The van der Waals surface area contributed by atoms with E-state index in [1.165, 1.54) is 11.3 Å². The fraction of sp³-hybridized carbons (Fsp3) is 0. The molecule has 6 heteroatoms. The number of thiophene rings is 1. The van der Waals surface area contributed by atoms with Crippen LogP contribution in [-0.2, 0) is 0 Å². The van der Waals surface area contributed by atoms with Crippen molar-refractivity contribution in [3.8, 4) is 0 Å². The van der Waals surface area contributed by atoms with Crippen molar-refractivity contribution in [1.29, 1.82) is 0 Å². The Morgan fingerprint density at radius 1 is 1.36 bits per heavy atom. The van der Waals surface area contributed by atoms with Crippen LogP contribution in [0, 0.1) is 0 Å². The predicted octanol–water partition coefficient (Wildman–Crippen LogP) is 0.452. The smallest absolute Gasteiger partial charge is 0.423 e. The average Bonchev–Trinajstić information content (AvgIpc) is 2.42. The summed E-state index contributed by atoms with van der Waals surface area (Å²) in [6, 6.07) is 5.44. The number of rotatable bonds is 1. The van der Waals surface area contributed by atoms with Crippen molar-refractivity contribution in [1.82, 2.24) is 0 Å². The summed E-state index contributed by atoms with van der Waals surface area (Å²) >= 11 is 5.57. The van der Waals surface area contributed by atoms with Crippen LogP contribution in [-0.4, -0.2) is 17.2 Å². The van der Waals surface area contributed by atoms with Gasteiger partial charge in [-0.05, 0) is 12.1 Å². The van der Waals surface area contributed by atoms with Gasteiger partial charge in [0.05, 0.1) is 4.21 Å². The van der Waals surface area contributed by atoms with Gasteiger partial charge in [-0.15, -0.1) is 24.0 Å². The van der Waals surface area contributed by atoms with E-state index in [1.807, 2.05) is 12.1 Å². The van der Waals surface area contributed by atoms with Gasteiger partial charge in [0, 0.05) is 21.2 Å². The Morgan fingerprint density at radius 2 is 2.07 bits per heavy atom. The van der Waals surface area contributed by atoms with E-state index in [0.29, 0.717) is 20.7 Å². The van der Waals surface area contributed by atoms with E-state index in [-0.39, 0.29) is 0 Å². The second kappa shape index (κ2) is 3.47. The maximum absolute atomic E-state index is 9.17. The largest absolute Gasteiger partial charge is 0.491 e. The van der Waals surface area contributed by atoms with Gasteiger partial charge in [0.2, 0.25) is 0 Å². The highest BCUT2D eigenvalue weighted by Crippen LogP contribution is 2.29. The molecule has 0 atom stereocenters. The summed E-state index contributed by atoms with van der Waals surface area (Å²) in [7, 11) is -1.53. The number of thiol groups is 1. The molecule has 14 heavy (non-hydrogen) atoms. The molecule has 0 fully saturated rings. The Kier molecular flexibility index (Phi) is 2.44. The minimum absolute atomic E-state index is 0.395. The van der Waals surface area contributed by atoms with Crippen LogP contribution in [0.4, 0.5) is 5.69 Å². The molecule has 2 aromatic rings. The van der Waals surface area contributed by atoms with Gasteiger partial charge >= 0.3 is 7.12 Å². The lowest BCUT2D eigenvalue weighted by Gasteiger charge is -2.01. The molecule has 0 unspecified atom stereocenters. The summed E-state index contributed by atoms with van der Waals surface area (Å²) in [6.45, 7) is 0. The van der Waals surface area contributed by atoms with Gasteiger partial charge in [0.1, 0.15) is 0 Å². The zero-order valence-electron chi connectivity index (χ0n) is 7.14. The number of hydrogen-bond acceptors (Lipinski definition) is 5. The van der Waals surface area contributed by atoms with Gasteiger partial charge in [-0.3, -0.25) is 0 Å². The summed E-state index contributed by atoms with van der Waals surface area (Å²) in [5, 5.41) is 19.0. The van der Waals surface area contributed by atoms with E-state index in [1.54, 1.807) is 6.07 Å². The van der Waals surface area contributed by atoms with Crippen molar-refractivity contribution in [2.24, 2.45) is 0 Å². The predicted molar refractivity (Wildman–Crippen MR) is 63.3 cm³/mol. The highest BCUT2D eigenvalue weighted by atomic mass is 32.2. The van der Waals surface area contributed by atoms with Crippen molar-refractivity contribution < 1.29 is 10.0 Å². The van der Waals surface area contributed by atoms with Crippen molar-refractivity contribution >= 4 is 52.3 Å². The summed E-state index contributed by atoms with van der Waals surface area (Å²) in [6.07, 6.45) is 0. The molecule has 1 aromatic carbocycles. The normalized spacial score (nSPS) is 10.8. The Morgan fingerprint density at radius 3 is 2.71 bits per heavy atom. The number of nitrogen functional groups attached to an aromatic ring is 1. The third-order valence-electron chi connectivity index (χ3n) is 2.02. The third-order valence-corrected chi connectivity index (χ3v) is 3.51. The molecule has 72 valence electrons. The Balaban J connectivity index is 2.86. The standard InChI is InChI=1S/C8H8BNO2S2/c10-4-2-1-3-5-6(4)7(9(11)12)8(13)14-5/h1-3,11-13H,10H2. The van der Waals surface area contributed by atoms with Crippen LogP contribution in [0.2, 0.25) is 0 Å². The van der Waals surface area contributed by atoms with E-state index < -0.39 is 7.12 Å². The topological polar surface area (TPSA) is 66.5 Å². The first-order chi connectivity index (χ1) is 6.61. The fourth-order valence-corrected chi connectivity index (χ4v) is 2.95. The van der Waals surface area contributed by atoms with Crippen LogP contribution in [0.25, 0.3) is 10.1 Å². The summed E-state index contributed by atoms with van der Waals surface area (Å²) in [5.74, 6) is 0. The van der Waals surface area contributed by atoms with Gasteiger partial charge in [0.15, 0.2) is 0 Å². The third kappa shape index (κ3) is 1.40. The highest BCUT2D eigenvalue weighted by Gasteiger charge is 2.22. The zero-order valence-corrected chi connectivity index (χ0v) is 8.85. The minimum Gasteiger partial charge on any atom is -0.423 e. The van der Waals surface area contributed by atoms with Crippen LogP contribution < -0.4 is 11.2 Å². The monoisotopic (exact) mass is 225 g/mol. The molecule has 4 N–H and O–H groups in total. The molecule has 0 bridgehead atoms. The molecule has 0 amide bonds. The summed E-state index contributed by atoms with van der Waals surface area (Å²) < 4.78 is 1.51. The Bertz CT molecular complexity index is 483. The van der Waals surface area contributed by atoms with Crippen molar-refractivity contribution in [3.05, 3.63) is 18.2 Å². The Hall–Kier alpha value is -0.685. The molecule has 3 nitrogen and oxygen atoms in total. The SMILES string of the molecule is Nc1cccc2sc(S)c(B(O)O)c12. The average molecular weight is 225 g/mol. The molecule has 0 spiro atoms. The van der Waals surface area contributed by atoms with Crippen molar-refractivity contribution in [2.75, 3.05) is 5.73 Å². The fourth-order valence-electron chi connectivity index (χ4n) is 1.43. The van der Waals surface area contributed by atoms with Gasteiger partial charge in [-0.2, -0.15) is 0 Å². The molecule has 1 heterocycles. The van der Waals surface area contributed by atoms with Gasteiger partial charge in [-0.1, -0.05) is 6.07 Å². The minimum atomic E-state index is -1.53. The van der Waals surface area contributed by atoms with Gasteiger partial charge in [0.25, 0.3) is 0 Å². The van der Waals surface area contributed by atoms with E-state index in [2.05, 4.69) is 12.6 Å². The molecule has 0 aliphatic rings. The zero-order chi connectivity index (χ0) is 10.3. The molecule has 2 rings (SSSR count). The quantitative estimate of drug-likeness (QED) is 0.323. The molecule has 1 aromatic heterocycles. The lowest BCUT2D eigenvalue weighted by Crippen LogP contribution is -2.30. The first kappa shape index (κ1) is 9.85. The second-order valence-corrected chi connectivity index (χ2v) is 4.72. The maximum atomic E-state index is 9.17. The van der Waals surface area contributed by atoms with Crippen molar-refractivity contribution in [2.45, 2.75) is 4.21 Å². The second-order valence-electron chi connectivity index (χ2n) is 2.91. The van der Waals surface area contributed by atoms with Gasteiger partial charge in [-0.25, -0.2) is 0 Å². The van der Waals surface area contributed by atoms with E-state index >= 15 is 0 Å². The summed E-state index contributed by atoms with van der Waals surface area (Å²) in [4.78, 5) is 0. The number of fused-ring (bicyclic) bond motifs is 1. The maximum Gasteiger partial charge on any atom is 0.491 e. The van der Waals surface area contributed by atoms with Gasteiger partial charge < -0.3 is 15.8 Å². The molecule has 0 saturated heterocycles.